The first-order chi connectivity index (χ1) is 14.1. The summed E-state index contributed by atoms with van der Waals surface area (Å²) in [6, 6.07) is 11.8. The van der Waals surface area contributed by atoms with Gasteiger partial charge in [-0.2, -0.15) is 0 Å². The van der Waals surface area contributed by atoms with E-state index in [1.807, 2.05) is 48.0 Å². The van der Waals surface area contributed by atoms with Crippen LogP contribution in [0.3, 0.4) is 0 Å². The Balaban J connectivity index is 1.26. The zero-order valence-corrected chi connectivity index (χ0v) is 17.1. The molecule has 29 heavy (non-hydrogen) atoms. The summed E-state index contributed by atoms with van der Waals surface area (Å²) in [6.07, 6.45) is 4.64. The molecular formula is C21H19N3O3S2. The van der Waals surface area contributed by atoms with Crippen LogP contribution >= 0.6 is 23.1 Å². The lowest BCUT2D eigenvalue weighted by atomic mass is 10.1. The lowest BCUT2D eigenvalue weighted by molar-refractivity contribution is -0.124. The van der Waals surface area contributed by atoms with E-state index in [9.17, 15) is 14.4 Å². The van der Waals surface area contributed by atoms with Gasteiger partial charge in [0.2, 0.25) is 5.91 Å². The number of hydrogen-bond acceptors (Lipinski definition) is 5. The smallest absolute Gasteiger partial charge is 0.293 e. The van der Waals surface area contributed by atoms with Gasteiger partial charge in [-0.3, -0.25) is 19.3 Å². The van der Waals surface area contributed by atoms with Gasteiger partial charge in [-0.05, 0) is 47.3 Å². The Hall–Kier alpha value is -2.84. The monoisotopic (exact) mass is 425 g/mol. The van der Waals surface area contributed by atoms with Gasteiger partial charge in [-0.15, -0.1) is 11.3 Å². The SMILES string of the molecule is O=C(CCc1c[nH]c2ccccc12)NCCN1C(=O)SC(=Cc2cccs2)C1=O. The zero-order chi connectivity index (χ0) is 20.2. The van der Waals surface area contributed by atoms with E-state index < -0.39 is 0 Å². The highest BCUT2D eigenvalue weighted by molar-refractivity contribution is 8.18. The van der Waals surface area contributed by atoms with Crippen LogP contribution in [0.2, 0.25) is 0 Å². The predicted octanol–water partition coefficient (Wildman–Crippen LogP) is 4.01. The van der Waals surface area contributed by atoms with Crippen molar-refractivity contribution in [3.8, 4) is 0 Å². The van der Waals surface area contributed by atoms with Crippen molar-refractivity contribution in [3.05, 3.63) is 63.3 Å². The van der Waals surface area contributed by atoms with Crippen molar-refractivity contribution < 1.29 is 14.4 Å². The van der Waals surface area contributed by atoms with Crippen molar-refractivity contribution in [1.82, 2.24) is 15.2 Å². The van der Waals surface area contributed by atoms with Gasteiger partial charge in [-0.25, -0.2) is 0 Å². The number of nitrogens with one attached hydrogen (secondary N) is 2. The maximum Gasteiger partial charge on any atom is 0.293 e. The molecule has 148 valence electrons. The lowest BCUT2D eigenvalue weighted by Gasteiger charge is -2.12. The van der Waals surface area contributed by atoms with Crippen molar-refractivity contribution in [3.63, 3.8) is 0 Å². The molecule has 1 aliphatic heterocycles. The lowest BCUT2D eigenvalue weighted by Crippen LogP contribution is -2.37. The quantitative estimate of drug-likeness (QED) is 0.560. The van der Waals surface area contributed by atoms with Crippen LogP contribution < -0.4 is 5.32 Å². The Morgan fingerprint density at radius 2 is 2.03 bits per heavy atom. The summed E-state index contributed by atoms with van der Waals surface area (Å²) in [4.78, 5) is 42.4. The Kier molecular flexibility index (Phi) is 5.82. The average molecular weight is 426 g/mol. The van der Waals surface area contributed by atoms with Gasteiger partial charge in [-0.1, -0.05) is 24.3 Å². The molecule has 1 aromatic carbocycles. The predicted molar refractivity (Wildman–Crippen MR) is 117 cm³/mol. The number of imide groups is 1. The number of nitrogens with zero attached hydrogens (tertiary/aromatic N) is 1. The summed E-state index contributed by atoms with van der Waals surface area (Å²) in [5.41, 5.74) is 2.15. The number of fused-ring (bicyclic) bond motifs is 1. The van der Waals surface area contributed by atoms with Crippen LogP contribution in [0.5, 0.6) is 0 Å². The number of rotatable bonds is 7. The first-order valence-electron chi connectivity index (χ1n) is 9.22. The second kappa shape index (κ2) is 8.67. The number of hydrogen-bond donors (Lipinski definition) is 2. The molecule has 6 nitrogen and oxygen atoms in total. The highest BCUT2D eigenvalue weighted by atomic mass is 32.2. The fourth-order valence-corrected chi connectivity index (χ4v) is 4.77. The van der Waals surface area contributed by atoms with Crippen LogP contribution in [0.15, 0.2) is 52.9 Å². The molecule has 0 radical (unpaired) electrons. The molecule has 2 N–H and O–H groups in total. The van der Waals surface area contributed by atoms with Gasteiger partial charge in [0, 0.05) is 41.5 Å². The molecule has 2 aromatic heterocycles. The van der Waals surface area contributed by atoms with Gasteiger partial charge < -0.3 is 10.3 Å². The van der Waals surface area contributed by atoms with Crippen LogP contribution in [0, 0.1) is 0 Å². The third-order valence-electron chi connectivity index (χ3n) is 4.64. The summed E-state index contributed by atoms with van der Waals surface area (Å²) < 4.78 is 0. The molecule has 3 heterocycles. The van der Waals surface area contributed by atoms with Crippen molar-refractivity contribution in [2.75, 3.05) is 13.1 Å². The van der Waals surface area contributed by atoms with Crippen molar-refractivity contribution in [1.29, 1.82) is 0 Å². The molecule has 1 fully saturated rings. The summed E-state index contributed by atoms with van der Waals surface area (Å²) in [5, 5.41) is 5.54. The third kappa shape index (κ3) is 4.44. The number of aryl methyl sites for hydroxylation is 1. The van der Waals surface area contributed by atoms with Crippen LogP contribution in [0.4, 0.5) is 4.79 Å². The molecule has 1 saturated heterocycles. The summed E-state index contributed by atoms with van der Waals surface area (Å²) in [7, 11) is 0. The van der Waals surface area contributed by atoms with Crippen molar-refractivity contribution >= 4 is 57.1 Å². The van der Waals surface area contributed by atoms with Gasteiger partial charge in [0.15, 0.2) is 0 Å². The number of amides is 3. The average Bonchev–Trinajstić information content (AvgIpc) is 3.43. The molecular weight excluding hydrogens is 406 g/mol. The number of carbonyl (C=O) groups excluding carboxylic acids is 3. The minimum atomic E-state index is -0.304. The minimum absolute atomic E-state index is 0.101. The van der Waals surface area contributed by atoms with E-state index in [1.54, 1.807) is 6.08 Å². The van der Waals surface area contributed by atoms with Crippen molar-refractivity contribution in [2.24, 2.45) is 0 Å². The second-order valence-electron chi connectivity index (χ2n) is 6.56. The maximum absolute atomic E-state index is 12.4. The number of thiophene rings is 1. The fourth-order valence-electron chi connectivity index (χ4n) is 3.18. The van der Waals surface area contributed by atoms with Gasteiger partial charge in [0.25, 0.3) is 11.1 Å². The highest BCUT2D eigenvalue weighted by Gasteiger charge is 2.34. The van der Waals surface area contributed by atoms with Gasteiger partial charge in [0.1, 0.15) is 0 Å². The first-order valence-corrected chi connectivity index (χ1v) is 10.9. The number of benzene rings is 1. The summed E-state index contributed by atoms with van der Waals surface area (Å²) >= 11 is 2.45. The summed E-state index contributed by atoms with van der Waals surface area (Å²) in [5.74, 6) is -0.405. The molecule has 8 heteroatoms. The molecule has 3 aromatic rings. The van der Waals surface area contributed by atoms with E-state index in [0.29, 0.717) is 17.7 Å². The highest BCUT2D eigenvalue weighted by Crippen LogP contribution is 2.32. The number of carbonyl (C=O) groups is 3. The molecule has 0 spiro atoms. The van der Waals surface area contributed by atoms with E-state index in [4.69, 9.17) is 0 Å². The Bertz CT molecular complexity index is 1090. The molecule has 0 saturated carbocycles. The maximum atomic E-state index is 12.4. The van der Waals surface area contributed by atoms with Crippen LogP contribution in [-0.2, 0) is 16.0 Å². The van der Waals surface area contributed by atoms with Gasteiger partial charge >= 0.3 is 0 Å². The van der Waals surface area contributed by atoms with Crippen LogP contribution in [-0.4, -0.2) is 40.0 Å². The largest absolute Gasteiger partial charge is 0.361 e. The number of H-pyrrole nitrogens is 1. The minimum Gasteiger partial charge on any atom is -0.361 e. The first kappa shape index (κ1) is 19.5. The second-order valence-corrected chi connectivity index (χ2v) is 8.53. The van der Waals surface area contributed by atoms with E-state index in [1.165, 1.54) is 16.2 Å². The van der Waals surface area contributed by atoms with Crippen molar-refractivity contribution in [2.45, 2.75) is 12.8 Å². The Morgan fingerprint density at radius 1 is 1.17 bits per heavy atom. The Labute approximate surface area is 176 Å². The summed E-state index contributed by atoms with van der Waals surface area (Å²) in [6.45, 7) is 0.419. The topological polar surface area (TPSA) is 82.3 Å². The number of thioether (sulfide) groups is 1. The van der Waals surface area contributed by atoms with Crippen LogP contribution in [0.1, 0.15) is 16.9 Å². The zero-order valence-electron chi connectivity index (χ0n) is 15.5. The van der Waals surface area contributed by atoms with Gasteiger partial charge in [0.05, 0.1) is 4.91 Å². The molecule has 0 aliphatic carbocycles. The number of para-hydroxylation sites is 1. The Morgan fingerprint density at radius 3 is 2.86 bits per heavy atom. The molecule has 0 atom stereocenters. The van der Waals surface area contributed by atoms with E-state index in [-0.39, 0.29) is 30.1 Å². The van der Waals surface area contributed by atoms with Crippen LogP contribution in [0.25, 0.3) is 17.0 Å². The molecule has 0 bridgehead atoms. The number of aromatic amines is 1. The molecule has 4 rings (SSSR count). The van der Waals surface area contributed by atoms with E-state index >= 15 is 0 Å². The fraction of sp³-hybridized carbons (Fsp3) is 0.190. The van der Waals surface area contributed by atoms with E-state index in [0.717, 1.165) is 33.1 Å². The standard InChI is InChI=1S/C21H19N3O3S2/c25-19(8-7-14-13-23-17-6-2-1-5-16(14)17)22-9-10-24-20(26)18(29-21(24)27)12-15-4-3-11-28-15/h1-6,11-13,23H,7-10H2,(H,22,25). The third-order valence-corrected chi connectivity index (χ3v) is 6.37. The molecule has 1 aliphatic rings. The molecule has 3 amide bonds. The molecule has 0 unspecified atom stereocenters. The van der Waals surface area contributed by atoms with E-state index in [2.05, 4.69) is 10.3 Å². The number of aromatic nitrogens is 1. The normalized spacial score (nSPS) is 15.6.